The Balaban J connectivity index is 1.28. The van der Waals surface area contributed by atoms with Crippen molar-refractivity contribution >= 4 is 17.5 Å². The highest BCUT2D eigenvalue weighted by molar-refractivity contribution is 5.98. The Hall–Kier alpha value is -3.65. The lowest BCUT2D eigenvalue weighted by Crippen LogP contribution is -2.43. The average Bonchev–Trinajstić information content (AvgIpc) is 3.28. The molecular weight excluding hydrogens is 434 g/mol. The van der Waals surface area contributed by atoms with E-state index < -0.39 is 6.04 Å². The number of fused-ring (bicyclic) bond motifs is 1. The Morgan fingerprint density at radius 3 is 2.44 bits per heavy atom. The van der Waals surface area contributed by atoms with Gasteiger partial charge < -0.3 is 19.3 Å². The Morgan fingerprint density at radius 1 is 1.00 bits per heavy atom. The molecule has 1 saturated heterocycles. The topological polar surface area (TPSA) is 93.9 Å². The van der Waals surface area contributed by atoms with E-state index in [1.165, 1.54) is 0 Å². The number of hydrogen-bond acceptors (Lipinski definition) is 7. The number of likely N-dealkylation sites (tertiary alicyclic amines) is 1. The molecule has 3 aromatic rings. The number of piperidine rings is 1. The van der Waals surface area contributed by atoms with E-state index in [4.69, 9.17) is 14.0 Å². The summed E-state index contributed by atoms with van der Waals surface area (Å²) in [6.45, 7) is 4.05. The molecule has 0 saturated carbocycles. The van der Waals surface area contributed by atoms with Gasteiger partial charge in [0.05, 0.1) is 0 Å². The molecule has 0 spiro atoms. The summed E-state index contributed by atoms with van der Waals surface area (Å²) in [6, 6.07) is 16.3. The van der Waals surface area contributed by atoms with Gasteiger partial charge in [-0.25, -0.2) is 0 Å². The molecule has 1 fully saturated rings. The first-order chi connectivity index (χ1) is 16.6. The van der Waals surface area contributed by atoms with Gasteiger partial charge in [-0.15, -0.1) is 0 Å². The molecule has 8 nitrogen and oxygen atoms in total. The van der Waals surface area contributed by atoms with E-state index in [-0.39, 0.29) is 17.6 Å². The molecule has 176 valence electrons. The van der Waals surface area contributed by atoms with Crippen LogP contribution in [-0.2, 0) is 4.79 Å². The number of aromatic nitrogens is 1. The van der Waals surface area contributed by atoms with Crippen molar-refractivity contribution in [3.63, 3.8) is 0 Å². The molecule has 34 heavy (non-hydrogen) atoms. The summed E-state index contributed by atoms with van der Waals surface area (Å²) >= 11 is 0. The van der Waals surface area contributed by atoms with Crippen molar-refractivity contribution in [1.29, 1.82) is 0 Å². The van der Waals surface area contributed by atoms with E-state index in [0.717, 1.165) is 5.56 Å². The summed E-state index contributed by atoms with van der Waals surface area (Å²) in [6.07, 6.45) is 1.35. The van der Waals surface area contributed by atoms with Gasteiger partial charge in [0, 0.05) is 17.5 Å². The molecule has 1 amide bonds. The summed E-state index contributed by atoms with van der Waals surface area (Å²) in [5.41, 5.74) is 1.54. The van der Waals surface area contributed by atoms with Crippen LogP contribution >= 0.6 is 0 Å². The molecule has 3 heterocycles. The number of nitrogens with zero attached hydrogens (tertiary/aromatic N) is 2. The van der Waals surface area contributed by atoms with E-state index in [1.807, 2.05) is 36.4 Å². The van der Waals surface area contributed by atoms with Crippen molar-refractivity contribution in [3.8, 4) is 11.5 Å². The van der Waals surface area contributed by atoms with Gasteiger partial charge >= 0.3 is 0 Å². The van der Waals surface area contributed by atoms with Crippen LogP contribution in [0.1, 0.15) is 40.6 Å². The van der Waals surface area contributed by atoms with E-state index in [1.54, 1.807) is 25.1 Å². The smallest absolute Gasteiger partial charge is 0.247 e. The number of Topliss-reactive ketones (excluding diaryl/α,β-unsaturated/α-hetero) is 1. The van der Waals surface area contributed by atoms with Gasteiger partial charge in [0.15, 0.2) is 23.1 Å². The second kappa shape index (κ2) is 9.69. The van der Waals surface area contributed by atoms with E-state index in [9.17, 15) is 9.59 Å². The maximum absolute atomic E-state index is 13.3. The predicted octanol–water partition coefficient (Wildman–Crippen LogP) is 4.03. The number of rotatable bonds is 6. The Labute approximate surface area is 197 Å². The molecule has 1 N–H and O–H groups in total. The van der Waals surface area contributed by atoms with Crippen LogP contribution in [0.25, 0.3) is 0 Å². The van der Waals surface area contributed by atoms with Crippen LogP contribution in [0.5, 0.6) is 11.5 Å². The second-order valence-electron chi connectivity index (χ2n) is 8.66. The monoisotopic (exact) mass is 461 g/mol. The minimum Gasteiger partial charge on any atom is -0.486 e. The van der Waals surface area contributed by atoms with Gasteiger partial charge in [0.25, 0.3) is 0 Å². The molecule has 0 radical (unpaired) electrons. The summed E-state index contributed by atoms with van der Waals surface area (Å²) < 4.78 is 16.3. The summed E-state index contributed by atoms with van der Waals surface area (Å²) in [5.74, 6) is 2.16. The lowest BCUT2D eigenvalue weighted by Gasteiger charge is -2.36. The first kappa shape index (κ1) is 22.2. The van der Waals surface area contributed by atoms with Crippen molar-refractivity contribution in [2.75, 3.05) is 31.6 Å². The molecule has 5 rings (SSSR count). The lowest BCUT2D eigenvalue weighted by atomic mass is 9.87. The van der Waals surface area contributed by atoms with Gasteiger partial charge in [-0.3, -0.25) is 14.5 Å². The molecule has 1 atom stereocenters. The average molecular weight is 462 g/mol. The fourth-order valence-electron chi connectivity index (χ4n) is 4.64. The summed E-state index contributed by atoms with van der Waals surface area (Å²) in [7, 11) is 0. The highest BCUT2D eigenvalue weighted by Crippen LogP contribution is 2.34. The molecule has 1 aromatic heterocycles. The SMILES string of the molecule is Cc1cc(NC(=O)[C@H](c2ccccc2)N2CCC(C(=O)c3ccc4c(c3)OCCO4)CC2)no1. The second-order valence-corrected chi connectivity index (χ2v) is 8.66. The minimum absolute atomic E-state index is 0.100. The van der Waals surface area contributed by atoms with E-state index in [0.29, 0.717) is 67.8 Å². The molecular formula is C26H27N3O5. The zero-order valence-electron chi connectivity index (χ0n) is 19.0. The first-order valence-corrected chi connectivity index (χ1v) is 11.6. The van der Waals surface area contributed by atoms with Crippen LogP contribution in [0.15, 0.2) is 59.1 Å². The van der Waals surface area contributed by atoms with E-state index in [2.05, 4.69) is 15.4 Å². The quantitative estimate of drug-likeness (QED) is 0.554. The number of benzene rings is 2. The molecule has 2 aromatic carbocycles. The fourth-order valence-corrected chi connectivity index (χ4v) is 4.64. The zero-order chi connectivity index (χ0) is 23.5. The van der Waals surface area contributed by atoms with Crippen LogP contribution < -0.4 is 14.8 Å². The lowest BCUT2D eigenvalue weighted by molar-refractivity contribution is -0.122. The molecule has 0 bridgehead atoms. The Kier molecular flexibility index (Phi) is 6.31. The highest BCUT2D eigenvalue weighted by atomic mass is 16.6. The fraction of sp³-hybridized carbons (Fsp3) is 0.346. The summed E-state index contributed by atoms with van der Waals surface area (Å²) in [4.78, 5) is 28.6. The molecule has 8 heteroatoms. The normalized spacial score (nSPS) is 17.2. The predicted molar refractivity (Wildman–Crippen MR) is 125 cm³/mol. The largest absolute Gasteiger partial charge is 0.486 e. The van der Waals surface area contributed by atoms with Crippen LogP contribution in [0.2, 0.25) is 0 Å². The summed E-state index contributed by atoms with van der Waals surface area (Å²) in [5, 5.41) is 6.76. The number of hydrogen-bond donors (Lipinski definition) is 1. The van der Waals surface area contributed by atoms with Crippen molar-refractivity contribution < 1.29 is 23.6 Å². The minimum atomic E-state index is -0.483. The maximum atomic E-state index is 13.3. The van der Waals surface area contributed by atoms with Crippen LogP contribution in [-0.4, -0.2) is 48.1 Å². The first-order valence-electron chi connectivity index (χ1n) is 11.6. The standard InChI is InChI=1S/C26H27N3O5/c1-17-15-23(28-34-17)27-26(31)24(18-5-3-2-4-6-18)29-11-9-19(10-12-29)25(30)20-7-8-21-22(16-20)33-14-13-32-21/h2-8,15-16,19,24H,9-14H2,1H3,(H,27,28,31)/t24-/m0/s1. The van der Waals surface area contributed by atoms with Gasteiger partial charge in [0.2, 0.25) is 5.91 Å². The number of carbonyl (C=O) groups excluding carboxylic acids is 2. The Bertz CT molecular complexity index is 1170. The van der Waals surface area contributed by atoms with E-state index >= 15 is 0 Å². The van der Waals surface area contributed by atoms with Crippen molar-refractivity contribution in [1.82, 2.24) is 10.1 Å². The third-order valence-electron chi connectivity index (χ3n) is 6.34. The third-order valence-corrected chi connectivity index (χ3v) is 6.34. The highest BCUT2D eigenvalue weighted by Gasteiger charge is 2.34. The van der Waals surface area contributed by atoms with Gasteiger partial charge in [-0.2, -0.15) is 0 Å². The van der Waals surface area contributed by atoms with Crippen molar-refractivity contribution in [3.05, 3.63) is 71.5 Å². The number of carbonyl (C=O) groups is 2. The van der Waals surface area contributed by atoms with Crippen LogP contribution in [0, 0.1) is 12.8 Å². The molecule has 2 aliphatic heterocycles. The van der Waals surface area contributed by atoms with Gasteiger partial charge in [-0.1, -0.05) is 35.5 Å². The number of aryl methyl sites for hydroxylation is 1. The van der Waals surface area contributed by atoms with Crippen LogP contribution in [0.3, 0.4) is 0 Å². The van der Waals surface area contributed by atoms with Crippen molar-refractivity contribution in [2.45, 2.75) is 25.8 Å². The number of ether oxygens (including phenoxy) is 2. The molecule has 0 unspecified atom stereocenters. The molecule has 0 aliphatic carbocycles. The Morgan fingerprint density at radius 2 is 1.74 bits per heavy atom. The molecule has 2 aliphatic rings. The number of amides is 1. The number of anilines is 1. The van der Waals surface area contributed by atoms with Gasteiger partial charge in [0.1, 0.15) is 25.0 Å². The third kappa shape index (κ3) is 4.68. The van der Waals surface area contributed by atoms with Crippen molar-refractivity contribution in [2.24, 2.45) is 5.92 Å². The zero-order valence-corrected chi connectivity index (χ0v) is 19.0. The number of nitrogens with one attached hydrogen (secondary N) is 1. The van der Waals surface area contributed by atoms with Gasteiger partial charge in [-0.05, 0) is 56.6 Å². The maximum Gasteiger partial charge on any atom is 0.247 e. The van der Waals surface area contributed by atoms with Crippen LogP contribution in [0.4, 0.5) is 5.82 Å². The number of ketones is 1.